The molecular weight excluding hydrogens is 402 g/mol. The molecule has 0 saturated carbocycles. The molecular formula is C24H23N7O. The summed E-state index contributed by atoms with van der Waals surface area (Å²) in [6.07, 6.45) is 3.06. The van der Waals surface area contributed by atoms with Crippen molar-refractivity contribution in [1.82, 2.24) is 29.1 Å². The molecule has 0 aliphatic heterocycles. The SMILES string of the molecule is Cc1cccc2nc(Cn3cnc4c(N)ncnc43)n(-c3ccccc3C(C)C)c(=O)c12. The molecule has 0 radical (unpaired) electrons. The van der Waals surface area contributed by atoms with Gasteiger partial charge < -0.3 is 10.3 Å². The van der Waals surface area contributed by atoms with E-state index in [1.165, 1.54) is 6.33 Å². The Hall–Kier alpha value is -4.07. The third-order valence-corrected chi connectivity index (χ3v) is 5.72. The average Bonchev–Trinajstić information content (AvgIpc) is 3.18. The molecule has 0 spiro atoms. The normalized spacial score (nSPS) is 11.6. The maximum atomic E-state index is 13.8. The van der Waals surface area contributed by atoms with E-state index in [0.717, 1.165) is 16.8 Å². The first kappa shape index (κ1) is 19.9. The number of aryl methyl sites for hydroxylation is 1. The Bertz CT molecular complexity index is 1530. The zero-order valence-corrected chi connectivity index (χ0v) is 18.1. The van der Waals surface area contributed by atoms with Crippen LogP contribution in [0, 0.1) is 6.92 Å². The number of benzene rings is 2. The van der Waals surface area contributed by atoms with Gasteiger partial charge >= 0.3 is 0 Å². The van der Waals surface area contributed by atoms with Crippen molar-refractivity contribution in [2.24, 2.45) is 0 Å². The third kappa shape index (κ3) is 3.11. The van der Waals surface area contributed by atoms with Crippen molar-refractivity contribution >= 4 is 27.9 Å². The van der Waals surface area contributed by atoms with E-state index < -0.39 is 0 Å². The lowest BCUT2D eigenvalue weighted by Crippen LogP contribution is -2.27. The van der Waals surface area contributed by atoms with Crippen molar-refractivity contribution in [3.05, 3.63) is 82.4 Å². The summed E-state index contributed by atoms with van der Waals surface area (Å²) in [5.74, 6) is 1.15. The molecule has 8 nitrogen and oxygen atoms in total. The van der Waals surface area contributed by atoms with E-state index in [2.05, 4.69) is 34.9 Å². The highest BCUT2D eigenvalue weighted by Gasteiger charge is 2.19. The maximum Gasteiger partial charge on any atom is 0.266 e. The zero-order valence-electron chi connectivity index (χ0n) is 18.1. The van der Waals surface area contributed by atoms with Gasteiger partial charge in [0.15, 0.2) is 11.5 Å². The molecule has 2 aromatic carbocycles. The maximum absolute atomic E-state index is 13.8. The van der Waals surface area contributed by atoms with E-state index in [4.69, 9.17) is 10.7 Å². The molecule has 0 bridgehead atoms. The molecule has 0 amide bonds. The van der Waals surface area contributed by atoms with Crippen molar-refractivity contribution in [2.45, 2.75) is 33.2 Å². The highest BCUT2D eigenvalue weighted by Crippen LogP contribution is 2.25. The number of hydrogen-bond acceptors (Lipinski definition) is 6. The van der Waals surface area contributed by atoms with Gasteiger partial charge in [-0.2, -0.15) is 0 Å². The summed E-state index contributed by atoms with van der Waals surface area (Å²) in [6, 6.07) is 13.7. The summed E-state index contributed by atoms with van der Waals surface area (Å²) in [4.78, 5) is 31.5. The van der Waals surface area contributed by atoms with Crippen molar-refractivity contribution < 1.29 is 0 Å². The van der Waals surface area contributed by atoms with Crippen LogP contribution in [0.1, 0.15) is 36.7 Å². The quantitative estimate of drug-likeness (QED) is 0.472. The Morgan fingerprint density at radius 3 is 2.66 bits per heavy atom. The van der Waals surface area contributed by atoms with Crippen molar-refractivity contribution in [2.75, 3.05) is 5.73 Å². The van der Waals surface area contributed by atoms with Crippen LogP contribution in [0.25, 0.3) is 27.8 Å². The van der Waals surface area contributed by atoms with Crippen molar-refractivity contribution in [1.29, 1.82) is 0 Å². The van der Waals surface area contributed by atoms with E-state index in [9.17, 15) is 4.79 Å². The van der Waals surface area contributed by atoms with Crippen molar-refractivity contribution in [3.63, 3.8) is 0 Å². The molecule has 5 aromatic rings. The number of para-hydroxylation sites is 1. The fourth-order valence-corrected chi connectivity index (χ4v) is 4.14. The second-order valence-electron chi connectivity index (χ2n) is 8.15. The number of hydrogen-bond donors (Lipinski definition) is 1. The Labute approximate surface area is 184 Å². The minimum absolute atomic E-state index is 0.0882. The standard InChI is InChI=1S/C24H23N7O/c1-14(2)16-8-4-5-10-18(16)31-19(29-17-9-6-7-15(3)20(17)24(31)32)11-30-13-28-21-22(25)26-12-27-23(21)30/h4-10,12-14H,11H2,1-3H3,(H2,25,26,27). The molecule has 5 rings (SSSR count). The molecule has 2 N–H and O–H groups in total. The smallest absolute Gasteiger partial charge is 0.266 e. The number of anilines is 1. The molecule has 160 valence electrons. The number of nitrogen functional groups attached to an aromatic ring is 1. The highest BCUT2D eigenvalue weighted by atomic mass is 16.1. The third-order valence-electron chi connectivity index (χ3n) is 5.72. The van der Waals surface area contributed by atoms with Gasteiger partial charge in [-0.05, 0) is 36.1 Å². The summed E-state index contributed by atoms with van der Waals surface area (Å²) in [7, 11) is 0. The van der Waals surface area contributed by atoms with Gasteiger partial charge in [0.1, 0.15) is 17.7 Å². The van der Waals surface area contributed by atoms with Gasteiger partial charge in [-0.15, -0.1) is 0 Å². The van der Waals surface area contributed by atoms with E-state index in [-0.39, 0.29) is 11.5 Å². The topological polar surface area (TPSA) is 105 Å². The number of aromatic nitrogens is 6. The van der Waals surface area contributed by atoms with Crippen LogP contribution in [0.5, 0.6) is 0 Å². The number of rotatable bonds is 4. The monoisotopic (exact) mass is 425 g/mol. The number of nitrogens with two attached hydrogens (primary N) is 1. The molecule has 0 aliphatic rings. The summed E-state index contributed by atoms with van der Waals surface area (Å²) >= 11 is 0. The molecule has 0 unspecified atom stereocenters. The van der Waals surface area contributed by atoms with Crippen LogP contribution in [-0.4, -0.2) is 29.1 Å². The largest absolute Gasteiger partial charge is 0.382 e. The molecule has 3 aromatic heterocycles. The molecule has 32 heavy (non-hydrogen) atoms. The van der Waals surface area contributed by atoms with E-state index in [1.807, 2.05) is 47.9 Å². The van der Waals surface area contributed by atoms with Crippen LogP contribution in [0.15, 0.2) is 59.9 Å². The van der Waals surface area contributed by atoms with Gasteiger partial charge in [0.25, 0.3) is 5.56 Å². The first-order valence-corrected chi connectivity index (χ1v) is 10.5. The number of fused-ring (bicyclic) bond motifs is 2. The Kier molecular flexibility index (Phi) is 4.70. The average molecular weight is 425 g/mol. The summed E-state index contributed by atoms with van der Waals surface area (Å²) in [5.41, 5.74) is 10.5. The summed E-state index contributed by atoms with van der Waals surface area (Å²) in [6.45, 7) is 6.48. The second kappa shape index (κ2) is 7.56. The summed E-state index contributed by atoms with van der Waals surface area (Å²) in [5, 5.41) is 0.622. The zero-order chi connectivity index (χ0) is 22.4. The van der Waals surface area contributed by atoms with E-state index in [0.29, 0.717) is 40.3 Å². The predicted molar refractivity (Wildman–Crippen MR) is 125 cm³/mol. The van der Waals surface area contributed by atoms with Crippen LogP contribution in [-0.2, 0) is 6.54 Å². The molecule has 0 aliphatic carbocycles. The number of nitrogens with zero attached hydrogens (tertiary/aromatic N) is 6. The van der Waals surface area contributed by atoms with Gasteiger partial charge in [-0.3, -0.25) is 9.36 Å². The first-order valence-electron chi connectivity index (χ1n) is 10.5. The minimum atomic E-state index is -0.0882. The van der Waals surface area contributed by atoms with Gasteiger partial charge in [0, 0.05) is 0 Å². The summed E-state index contributed by atoms with van der Waals surface area (Å²) < 4.78 is 3.56. The van der Waals surface area contributed by atoms with Gasteiger partial charge in [0.2, 0.25) is 0 Å². The lowest BCUT2D eigenvalue weighted by molar-refractivity contribution is 0.711. The fourth-order valence-electron chi connectivity index (χ4n) is 4.14. The molecule has 0 atom stereocenters. The van der Waals surface area contributed by atoms with Crippen LogP contribution in [0.2, 0.25) is 0 Å². The first-order chi connectivity index (χ1) is 15.5. The minimum Gasteiger partial charge on any atom is -0.382 e. The van der Waals surface area contributed by atoms with E-state index >= 15 is 0 Å². The Balaban J connectivity index is 1.81. The Morgan fingerprint density at radius 2 is 1.84 bits per heavy atom. The highest BCUT2D eigenvalue weighted by molar-refractivity contribution is 5.82. The fraction of sp³-hybridized carbons (Fsp3) is 0.208. The van der Waals surface area contributed by atoms with Crippen molar-refractivity contribution in [3.8, 4) is 5.69 Å². The predicted octanol–water partition coefficient (Wildman–Crippen LogP) is 3.59. The van der Waals surface area contributed by atoms with Gasteiger partial charge in [0.05, 0.1) is 29.5 Å². The van der Waals surface area contributed by atoms with Crippen LogP contribution >= 0.6 is 0 Å². The Morgan fingerprint density at radius 1 is 1.03 bits per heavy atom. The van der Waals surface area contributed by atoms with Gasteiger partial charge in [-0.1, -0.05) is 44.2 Å². The second-order valence-corrected chi connectivity index (χ2v) is 8.15. The molecule has 8 heteroatoms. The van der Waals surface area contributed by atoms with E-state index in [1.54, 1.807) is 10.9 Å². The van der Waals surface area contributed by atoms with Gasteiger partial charge in [-0.25, -0.2) is 19.9 Å². The molecule has 0 fully saturated rings. The lowest BCUT2D eigenvalue weighted by atomic mass is 10.0. The molecule has 3 heterocycles. The van der Waals surface area contributed by atoms with Crippen LogP contribution in [0.4, 0.5) is 5.82 Å². The molecule has 0 saturated heterocycles. The number of imidazole rings is 1. The van der Waals surface area contributed by atoms with Crippen LogP contribution in [0.3, 0.4) is 0 Å². The lowest BCUT2D eigenvalue weighted by Gasteiger charge is -2.19. The van der Waals surface area contributed by atoms with Crippen LogP contribution < -0.4 is 11.3 Å².